The van der Waals surface area contributed by atoms with Gasteiger partial charge in [0.05, 0.1) is 0 Å². The van der Waals surface area contributed by atoms with Crippen LogP contribution in [-0.2, 0) is 12.8 Å². The molecule has 330 valence electrons. The summed E-state index contributed by atoms with van der Waals surface area (Å²) in [7, 11) is 0. The van der Waals surface area contributed by atoms with Crippen molar-refractivity contribution in [3.63, 3.8) is 0 Å². The molecule has 0 saturated carbocycles. The average Bonchev–Trinajstić information content (AvgIpc) is 3.26. The molecule has 0 spiro atoms. The zero-order valence-corrected chi connectivity index (χ0v) is 38.9. The summed E-state index contributed by atoms with van der Waals surface area (Å²) in [6.45, 7) is 6.92. The molecule has 4 rings (SSSR count). The Morgan fingerprint density at radius 2 is 0.550 bits per heavy atom. The van der Waals surface area contributed by atoms with Gasteiger partial charge in [0.15, 0.2) is 0 Å². The van der Waals surface area contributed by atoms with Crippen LogP contribution in [0.3, 0.4) is 0 Å². The molecule has 4 aromatic carbocycles. The van der Waals surface area contributed by atoms with Gasteiger partial charge in [0.2, 0.25) is 0 Å². The van der Waals surface area contributed by atoms with Crippen LogP contribution in [0, 0.1) is 5.92 Å². The Morgan fingerprint density at radius 1 is 0.300 bits per heavy atom. The molecule has 2 nitrogen and oxygen atoms in total. The van der Waals surface area contributed by atoms with Crippen molar-refractivity contribution in [1.82, 2.24) is 0 Å². The van der Waals surface area contributed by atoms with Crippen molar-refractivity contribution in [2.75, 3.05) is 11.5 Å². The van der Waals surface area contributed by atoms with E-state index in [0.717, 1.165) is 24.2 Å². The van der Waals surface area contributed by atoms with E-state index in [2.05, 4.69) is 118 Å². The number of unbranched alkanes of at least 4 members (excludes halogenated alkanes) is 20. The maximum absolute atomic E-state index is 6.13. The molecule has 0 fully saturated rings. The molecule has 2 atom stereocenters. The van der Waals surface area contributed by atoms with Gasteiger partial charge in [-0.15, -0.1) is 0 Å². The van der Waals surface area contributed by atoms with Crippen molar-refractivity contribution in [2.45, 2.75) is 212 Å². The van der Waals surface area contributed by atoms with Gasteiger partial charge in [0, 0.05) is 23.2 Å². The summed E-state index contributed by atoms with van der Waals surface area (Å²) >= 11 is 0. The minimum absolute atomic E-state index is 0.425. The Morgan fingerprint density at radius 3 is 0.850 bits per heavy atom. The molecule has 0 aliphatic rings. The topological polar surface area (TPSA) is 52.0 Å². The van der Waals surface area contributed by atoms with Crippen LogP contribution in [-0.4, -0.2) is 0 Å². The fraction of sp³-hybridized carbons (Fsp3) is 0.586. The zero-order valence-electron chi connectivity index (χ0n) is 38.9. The summed E-state index contributed by atoms with van der Waals surface area (Å²) < 4.78 is 0. The maximum Gasteiger partial charge on any atom is 0.0314 e. The van der Waals surface area contributed by atoms with E-state index >= 15 is 0 Å². The van der Waals surface area contributed by atoms with Gasteiger partial charge in [-0.3, -0.25) is 0 Å². The zero-order chi connectivity index (χ0) is 42.5. The normalized spacial score (nSPS) is 13.1. The number of hydrogen-bond donors (Lipinski definition) is 2. The van der Waals surface area contributed by atoms with Gasteiger partial charge in [-0.25, -0.2) is 0 Å². The monoisotopic (exact) mass is 813 g/mol. The summed E-state index contributed by atoms with van der Waals surface area (Å²) in [6, 6.07) is 37.0. The molecule has 0 aliphatic carbocycles. The molecule has 0 amide bonds. The molecule has 0 radical (unpaired) electrons. The Hall–Kier alpha value is -3.52. The van der Waals surface area contributed by atoms with Crippen LogP contribution in [0.1, 0.15) is 233 Å². The third-order valence-corrected chi connectivity index (χ3v) is 13.4. The van der Waals surface area contributed by atoms with E-state index < -0.39 is 0 Å². The first-order valence-electron chi connectivity index (χ1n) is 25.4. The minimum Gasteiger partial charge on any atom is -0.399 e. The molecule has 0 aromatic heterocycles. The largest absolute Gasteiger partial charge is 0.399 e. The number of rotatable bonds is 34. The molecule has 2 heteroatoms. The van der Waals surface area contributed by atoms with Crippen molar-refractivity contribution in [1.29, 1.82) is 0 Å². The molecular weight excluding hydrogens is 725 g/mol. The lowest BCUT2D eigenvalue weighted by atomic mass is 9.83. The quantitative estimate of drug-likeness (QED) is 0.0365. The smallest absolute Gasteiger partial charge is 0.0314 e. The van der Waals surface area contributed by atoms with Crippen molar-refractivity contribution >= 4 is 11.4 Å². The van der Waals surface area contributed by atoms with E-state index in [0.29, 0.717) is 17.8 Å². The van der Waals surface area contributed by atoms with Crippen LogP contribution in [0.25, 0.3) is 0 Å². The lowest BCUT2D eigenvalue weighted by molar-refractivity contribution is 0.446. The highest BCUT2D eigenvalue weighted by Crippen LogP contribution is 2.34. The Labute approximate surface area is 370 Å². The predicted octanol–water partition coefficient (Wildman–Crippen LogP) is 17.7. The Bertz CT molecular complexity index is 1490. The van der Waals surface area contributed by atoms with Crippen LogP contribution < -0.4 is 11.5 Å². The van der Waals surface area contributed by atoms with Crippen LogP contribution >= 0.6 is 0 Å². The SMILES string of the molecule is CCCCCCCCCCCC(c1ccc(N)cc1)c1ccc(CC(CCCCCCC)Cc2ccc(C(CCCCCCCCCCC)c3ccc(N)cc3)cc2)cc1. The highest BCUT2D eigenvalue weighted by atomic mass is 14.5. The number of nitrogens with two attached hydrogens (primary N) is 2. The number of hydrogen-bond acceptors (Lipinski definition) is 2. The highest BCUT2D eigenvalue weighted by Gasteiger charge is 2.18. The molecular formula is C58H88N2. The molecule has 0 bridgehead atoms. The second-order valence-corrected chi connectivity index (χ2v) is 18.6. The van der Waals surface area contributed by atoms with Crippen LogP contribution in [0.4, 0.5) is 11.4 Å². The Kier molecular flexibility index (Phi) is 25.0. The number of nitrogen functional groups attached to an aromatic ring is 2. The first kappa shape index (κ1) is 49.1. The summed E-state index contributed by atoms with van der Waals surface area (Å²) in [5.41, 5.74) is 22.6. The fourth-order valence-corrected chi connectivity index (χ4v) is 9.58. The third kappa shape index (κ3) is 19.5. The summed E-state index contributed by atoms with van der Waals surface area (Å²) in [5.74, 6) is 1.50. The predicted molar refractivity (Wildman–Crippen MR) is 266 cm³/mol. The van der Waals surface area contributed by atoms with Gasteiger partial charge in [-0.1, -0.05) is 241 Å². The fourth-order valence-electron chi connectivity index (χ4n) is 9.58. The first-order valence-corrected chi connectivity index (χ1v) is 25.4. The highest BCUT2D eigenvalue weighted by molar-refractivity contribution is 5.44. The van der Waals surface area contributed by atoms with Crippen molar-refractivity contribution in [3.05, 3.63) is 130 Å². The van der Waals surface area contributed by atoms with E-state index in [4.69, 9.17) is 11.5 Å². The number of anilines is 2. The maximum atomic E-state index is 6.13. The summed E-state index contributed by atoms with van der Waals surface area (Å²) in [4.78, 5) is 0. The van der Waals surface area contributed by atoms with E-state index in [1.807, 2.05) is 0 Å². The van der Waals surface area contributed by atoms with Gasteiger partial charge < -0.3 is 11.5 Å². The molecule has 60 heavy (non-hydrogen) atoms. The van der Waals surface area contributed by atoms with E-state index in [1.165, 1.54) is 200 Å². The standard InChI is InChI=1S/C58H88N2/c1-4-7-10-13-15-17-19-22-25-28-57(53-38-42-55(59)43-39-53)51-34-30-48(31-35-51)46-50(27-24-21-12-9-6-3)47-49-32-36-52(37-33-49)58(54-40-44-56(60)45-41-54)29-26-23-20-18-16-14-11-8-5-2/h30-45,50,57-58H,4-29,46-47,59-60H2,1-3H3. The van der Waals surface area contributed by atoms with Gasteiger partial charge in [0.25, 0.3) is 0 Å². The first-order chi connectivity index (χ1) is 29.5. The lowest BCUT2D eigenvalue weighted by Crippen LogP contribution is -2.10. The van der Waals surface area contributed by atoms with Crippen LogP contribution in [0.15, 0.2) is 97.1 Å². The van der Waals surface area contributed by atoms with Crippen molar-refractivity contribution < 1.29 is 0 Å². The average molecular weight is 813 g/mol. The molecule has 0 heterocycles. The van der Waals surface area contributed by atoms with E-state index in [-0.39, 0.29) is 0 Å². The third-order valence-electron chi connectivity index (χ3n) is 13.4. The second-order valence-electron chi connectivity index (χ2n) is 18.6. The van der Waals surface area contributed by atoms with Crippen LogP contribution in [0.2, 0.25) is 0 Å². The molecule has 2 unspecified atom stereocenters. The van der Waals surface area contributed by atoms with Crippen LogP contribution in [0.5, 0.6) is 0 Å². The lowest BCUT2D eigenvalue weighted by Gasteiger charge is -2.21. The molecule has 4 N–H and O–H groups in total. The van der Waals surface area contributed by atoms with Gasteiger partial charge >= 0.3 is 0 Å². The van der Waals surface area contributed by atoms with Crippen molar-refractivity contribution in [3.8, 4) is 0 Å². The van der Waals surface area contributed by atoms with Gasteiger partial charge in [-0.2, -0.15) is 0 Å². The minimum atomic E-state index is 0.425. The molecule has 4 aromatic rings. The van der Waals surface area contributed by atoms with E-state index in [9.17, 15) is 0 Å². The molecule has 0 aliphatic heterocycles. The second kappa shape index (κ2) is 30.5. The van der Waals surface area contributed by atoms with Crippen molar-refractivity contribution in [2.24, 2.45) is 5.92 Å². The molecule has 0 saturated heterocycles. The van der Waals surface area contributed by atoms with Gasteiger partial charge in [-0.05, 0) is 95.7 Å². The van der Waals surface area contributed by atoms with E-state index in [1.54, 1.807) is 0 Å². The summed E-state index contributed by atoms with van der Waals surface area (Å²) in [6.07, 6.45) is 37.3. The van der Waals surface area contributed by atoms with Gasteiger partial charge in [0.1, 0.15) is 0 Å². The summed E-state index contributed by atoms with van der Waals surface area (Å²) in [5, 5.41) is 0. The Balaban J connectivity index is 1.39. The number of benzene rings is 4.